The number of hydrogen-bond donors (Lipinski definition) is 2. The van der Waals surface area contributed by atoms with Crippen LogP contribution in [0.15, 0.2) is 30.6 Å². The SMILES string of the molecule is COC(=O)c1ccc(CNCc2ncn[nH]2)cc1. The molecule has 6 heteroatoms. The molecule has 18 heavy (non-hydrogen) atoms. The largest absolute Gasteiger partial charge is 0.465 e. The van der Waals surface area contributed by atoms with Crippen molar-refractivity contribution in [2.24, 2.45) is 0 Å². The molecule has 2 rings (SSSR count). The van der Waals surface area contributed by atoms with Gasteiger partial charge in [-0.15, -0.1) is 0 Å². The van der Waals surface area contributed by atoms with Gasteiger partial charge in [0.1, 0.15) is 12.2 Å². The van der Waals surface area contributed by atoms with Crippen molar-refractivity contribution in [1.29, 1.82) is 0 Å². The first-order valence-corrected chi connectivity index (χ1v) is 5.52. The molecular formula is C12H14N4O2. The molecule has 0 spiro atoms. The topological polar surface area (TPSA) is 79.9 Å². The second-order valence-corrected chi connectivity index (χ2v) is 3.72. The lowest BCUT2D eigenvalue weighted by atomic mass is 10.1. The van der Waals surface area contributed by atoms with Crippen molar-refractivity contribution in [3.8, 4) is 0 Å². The van der Waals surface area contributed by atoms with Gasteiger partial charge in [-0.05, 0) is 17.7 Å². The molecule has 0 aliphatic rings. The van der Waals surface area contributed by atoms with Gasteiger partial charge in [-0.2, -0.15) is 5.10 Å². The van der Waals surface area contributed by atoms with E-state index in [0.29, 0.717) is 18.7 Å². The van der Waals surface area contributed by atoms with Crippen LogP contribution < -0.4 is 5.32 Å². The van der Waals surface area contributed by atoms with E-state index in [1.807, 2.05) is 12.1 Å². The van der Waals surface area contributed by atoms with Crippen LogP contribution in [0.1, 0.15) is 21.7 Å². The summed E-state index contributed by atoms with van der Waals surface area (Å²) in [5.41, 5.74) is 1.64. The number of aromatic nitrogens is 3. The maximum Gasteiger partial charge on any atom is 0.337 e. The fourth-order valence-corrected chi connectivity index (χ4v) is 1.52. The first-order valence-electron chi connectivity index (χ1n) is 5.52. The van der Waals surface area contributed by atoms with Crippen molar-refractivity contribution in [2.45, 2.75) is 13.1 Å². The van der Waals surface area contributed by atoms with Crippen LogP contribution in [0.5, 0.6) is 0 Å². The Morgan fingerprint density at radius 2 is 2.11 bits per heavy atom. The Bertz CT molecular complexity index is 493. The van der Waals surface area contributed by atoms with Crippen LogP contribution in [-0.2, 0) is 17.8 Å². The quantitative estimate of drug-likeness (QED) is 0.765. The normalized spacial score (nSPS) is 10.3. The molecule has 0 unspecified atom stereocenters. The number of rotatable bonds is 5. The summed E-state index contributed by atoms with van der Waals surface area (Å²) in [5, 5.41) is 9.75. The van der Waals surface area contributed by atoms with Crippen LogP contribution in [-0.4, -0.2) is 28.3 Å². The van der Waals surface area contributed by atoms with E-state index in [4.69, 9.17) is 0 Å². The highest BCUT2D eigenvalue weighted by Gasteiger charge is 2.04. The number of benzene rings is 1. The number of ether oxygens (including phenoxy) is 1. The molecular weight excluding hydrogens is 232 g/mol. The van der Waals surface area contributed by atoms with E-state index in [-0.39, 0.29) is 5.97 Å². The average molecular weight is 246 g/mol. The molecule has 0 saturated carbocycles. The molecule has 0 aliphatic heterocycles. The van der Waals surface area contributed by atoms with Crippen molar-refractivity contribution in [3.63, 3.8) is 0 Å². The van der Waals surface area contributed by atoms with Crippen LogP contribution in [0.2, 0.25) is 0 Å². The van der Waals surface area contributed by atoms with Crippen molar-refractivity contribution in [2.75, 3.05) is 7.11 Å². The summed E-state index contributed by atoms with van der Waals surface area (Å²) in [7, 11) is 1.37. The number of carbonyl (C=O) groups excluding carboxylic acids is 1. The molecule has 0 bridgehead atoms. The Morgan fingerprint density at radius 3 is 2.72 bits per heavy atom. The van der Waals surface area contributed by atoms with E-state index in [1.54, 1.807) is 12.1 Å². The summed E-state index contributed by atoms with van der Waals surface area (Å²) < 4.78 is 4.63. The van der Waals surface area contributed by atoms with Crippen LogP contribution in [0.4, 0.5) is 0 Å². The molecule has 0 atom stereocenters. The van der Waals surface area contributed by atoms with Gasteiger partial charge in [0.15, 0.2) is 0 Å². The van der Waals surface area contributed by atoms with E-state index in [1.165, 1.54) is 13.4 Å². The van der Waals surface area contributed by atoms with Gasteiger partial charge >= 0.3 is 5.97 Å². The summed E-state index contributed by atoms with van der Waals surface area (Å²) in [5.74, 6) is 0.470. The number of esters is 1. The fraction of sp³-hybridized carbons (Fsp3) is 0.250. The Morgan fingerprint density at radius 1 is 1.33 bits per heavy atom. The minimum absolute atomic E-state index is 0.323. The fourth-order valence-electron chi connectivity index (χ4n) is 1.52. The second-order valence-electron chi connectivity index (χ2n) is 3.72. The molecule has 0 fully saturated rings. The molecule has 0 amide bonds. The third-order valence-corrected chi connectivity index (χ3v) is 2.46. The molecule has 1 aromatic carbocycles. The smallest absolute Gasteiger partial charge is 0.337 e. The molecule has 0 saturated heterocycles. The zero-order chi connectivity index (χ0) is 12.8. The number of nitrogens with zero attached hydrogens (tertiary/aromatic N) is 2. The Hall–Kier alpha value is -2.21. The highest BCUT2D eigenvalue weighted by molar-refractivity contribution is 5.89. The molecule has 2 N–H and O–H groups in total. The Kier molecular flexibility index (Phi) is 4.03. The third kappa shape index (κ3) is 3.14. The third-order valence-electron chi connectivity index (χ3n) is 2.46. The summed E-state index contributed by atoms with van der Waals surface area (Å²) in [6, 6.07) is 7.27. The standard InChI is InChI=1S/C12H14N4O2/c1-18-12(17)10-4-2-9(3-5-10)6-13-7-11-14-8-15-16-11/h2-5,8,13H,6-7H2,1H3,(H,14,15,16). The van der Waals surface area contributed by atoms with Crippen LogP contribution in [0, 0.1) is 0 Å². The predicted octanol–water partition coefficient (Wildman–Crippen LogP) is 0.881. The zero-order valence-corrected chi connectivity index (χ0v) is 10.0. The van der Waals surface area contributed by atoms with Crippen LogP contribution >= 0.6 is 0 Å². The average Bonchev–Trinajstić information content (AvgIpc) is 2.92. The van der Waals surface area contributed by atoms with Gasteiger partial charge in [0.2, 0.25) is 0 Å². The first kappa shape index (κ1) is 12.3. The van der Waals surface area contributed by atoms with Gasteiger partial charge < -0.3 is 10.1 Å². The van der Waals surface area contributed by atoms with Gasteiger partial charge in [0.25, 0.3) is 0 Å². The van der Waals surface area contributed by atoms with E-state index in [0.717, 1.165) is 11.4 Å². The summed E-state index contributed by atoms with van der Waals surface area (Å²) in [6.45, 7) is 1.32. The number of carbonyl (C=O) groups is 1. The maximum absolute atomic E-state index is 11.2. The summed E-state index contributed by atoms with van der Waals surface area (Å²) >= 11 is 0. The zero-order valence-electron chi connectivity index (χ0n) is 10.0. The van der Waals surface area contributed by atoms with E-state index >= 15 is 0 Å². The van der Waals surface area contributed by atoms with Gasteiger partial charge in [0, 0.05) is 6.54 Å². The molecule has 1 aromatic heterocycles. The van der Waals surface area contributed by atoms with E-state index in [9.17, 15) is 4.79 Å². The Balaban J connectivity index is 1.85. The van der Waals surface area contributed by atoms with Gasteiger partial charge in [-0.1, -0.05) is 12.1 Å². The number of aromatic amines is 1. The Labute approximate surface area is 104 Å². The maximum atomic E-state index is 11.2. The second kappa shape index (κ2) is 5.92. The van der Waals surface area contributed by atoms with Crippen molar-refractivity contribution >= 4 is 5.97 Å². The molecule has 1 heterocycles. The van der Waals surface area contributed by atoms with E-state index in [2.05, 4.69) is 25.2 Å². The lowest BCUT2D eigenvalue weighted by Gasteiger charge is -2.04. The first-order chi connectivity index (χ1) is 8.79. The lowest BCUT2D eigenvalue weighted by Crippen LogP contribution is -2.13. The highest BCUT2D eigenvalue weighted by atomic mass is 16.5. The van der Waals surface area contributed by atoms with Crippen molar-refractivity contribution in [1.82, 2.24) is 20.5 Å². The predicted molar refractivity (Wildman–Crippen MR) is 64.7 cm³/mol. The van der Waals surface area contributed by atoms with E-state index < -0.39 is 0 Å². The summed E-state index contributed by atoms with van der Waals surface area (Å²) in [4.78, 5) is 15.2. The van der Waals surface area contributed by atoms with Crippen LogP contribution in [0.25, 0.3) is 0 Å². The van der Waals surface area contributed by atoms with Crippen molar-refractivity contribution < 1.29 is 9.53 Å². The monoisotopic (exact) mass is 246 g/mol. The van der Waals surface area contributed by atoms with Gasteiger partial charge in [0.05, 0.1) is 19.2 Å². The lowest BCUT2D eigenvalue weighted by molar-refractivity contribution is 0.0600. The van der Waals surface area contributed by atoms with Crippen molar-refractivity contribution in [3.05, 3.63) is 47.5 Å². The van der Waals surface area contributed by atoms with Gasteiger partial charge in [-0.25, -0.2) is 9.78 Å². The molecule has 94 valence electrons. The molecule has 2 aromatic rings. The molecule has 0 aliphatic carbocycles. The number of nitrogens with one attached hydrogen (secondary N) is 2. The highest BCUT2D eigenvalue weighted by Crippen LogP contribution is 2.05. The minimum atomic E-state index is -0.323. The van der Waals surface area contributed by atoms with Gasteiger partial charge in [-0.3, -0.25) is 5.10 Å². The summed E-state index contributed by atoms with van der Waals surface area (Å²) in [6.07, 6.45) is 1.47. The number of H-pyrrole nitrogens is 1. The number of hydrogen-bond acceptors (Lipinski definition) is 5. The molecule has 0 radical (unpaired) electrons. The number of methoxy groups -OCH3 is 1. The van der Waals surface area contributed by atoms with Crippen LogP contribution in [0.3, 0.4) is 0 Å². The molecule has 6 nitrogen and oxygen atoms in total. The minimum Gasteiger partial charge on any atom is -0.465 e.